The van der Waals surface area contributed by atoms with E-state index < -0.39 is 5.97 Å². The van der Waals surface area contributed by atoms with Gasteiger partial charge >= 0.3 is 5.97 Å². The molecular formula is C12H15NO2. The van der Waals surface area contributed by atoms with Gasteiger partial charge in [0.05, 0.1) is 6.42 Å². The average molecular weight is 205 g/mol. The molecule has 0 aliphatic carbocycles. The Morgan fingerprint density at radius 1 is 1.60 bits per heavy atom. The topological polar surface area (TPSA) is 40.5 Å². The lowest BCUT2D eigenvalue weighted by molar-refractivity contribution is -0.137. The molecule has 0 spiro atoms. The van der Waals surface area contributed by atoms with Crippen LogP contribution in [-0.4, -0.2) is 24.7 Å². The molecule has 0 aromatic heterocycles. The summed E-state index contributed by atoms with van der Waals surface area (Å²) in [5, 5.41) is 8.84. The lowest BCUT2D eigenvalue weighted by Gasteiger charge is -2.14. The molecule has 1 aliphatic heterocycles. The number of hydrogen-bond donors (Lipinski definition) is 1. The van der Waals surface area contributed by atoms with Gasteiger partial charge < -0.3 is 10.0 Å². The third-order valence-corrected chi connectivity index (χ3v) is 3.01. The van der Waals surface area contributed by atoms with E-state index in [9.17, 15) is 4.79 Å². The van der Waals surface area contributed by atoms with Gasteiger partial charge in [-0.15, -0.1) is 0 Å². The fourth-order valence-corrected chi connectivity index (χ4v) is 2.44. The summed E-state index contributed by atoms with van der Waals surface area (Å²) in [5.74, 6) is -0.579. The zero-order valence-electron chi connectivity index (χ0n) is 9.03. The van der Waals surface area contributed by atoms with Crippen molar-refractivity contribution in [2.75, 3.05) is 18.5 Å². The van der Waals surface area contributed by atoms with E-state index >= 15 is 0 Å². The normalized spacial score (nSPS) is 19.1. The van der Waals surface area contributed by atoms with E-state index in [1.54, 1.807) is 0 Å². The summed E-state index contributed by atoms with van der Waals surface area (Å²) in [6.45, 7) is 2.88. The highest BCUT2D eigenvalue weighted by atomic mass is 16.4. The minimum Gasteiger partial charge on any atom is -0.481 e. The van der Waals surface area contributed by atoms with E-state index in [1.807, 2.05) is 19.2 Å². The Morgan fingerprint density at radius 3 is 3.00 bits per heavy atom. The fraction of sp³-hybridized carbons (Fsp3) is 0.417. The lowest BCUT2D eigenvalue weighted by Crippen LogP contribution is -2.17. The fourth-order valence-electron chi connectivity index (χ4n) is 2.44. The van der Waals surface area contributed by atoms with Crippen LogP contribution >= 0.6 is 0 Å². The molecule has 1 N–H and O–H groups in total. The van der Waals surface area contributed by atoms with Crippen molar-refractivity contribution in [3.8, 4) is 0 Å². The zero-order valence-corrected chi connectivity index (χ0v) is 9.03. The molecule has 1 atom stereocenters. The maximum atomic E-state index is 10.7. The summed E-state index contributed by atoms with van der Waals surface area (Å²) >= 11 is 0. The molecule has 0 radical (unpaired) electrons. The smallest absolute Gasteiger partial charge is 0.304 e. The molecule has 2 rings (SSSR count). The number of carbonyl (C=O) groups is 1. The quantitative estimate of drug-likeness (QED) is 0.802. The highest BCUT2D eigenvalue weighted by Gasteiger charge is 2.28. The third-order valence-electron chi connectivity index (χ3n) is 3.01. The van der Waals surface area contributed by atoms with Crippen LogP contribution in [0.1, 0.15) is 23.5 Å². The van der Waals surface area contributed by atoms with Crippen molar-refractivity contribution in [3.05, 3.63) is 29.3 Å². The number of aliphatic carboxylic acids is 1. The van der Waals surface area contributed by atoms with E-state index in [2.05, 4.69) is 17.9 Å². The zero-order chi connectivity index (χ0) is 11.0. The standard InChI is InChI=1S/C12H15NO2/c1-8-4-3-5-10-9(6-11(14)15)7-13(2)12(8)10/h3-5,9H,6-7H2,1-2H3,(H,14,15). The predicted octanol–water partition coefficient (Wildman–Crippen LogP) is 2.00. The summed E-state index contributed by atoms with van der Waals surface area (Å²) in [4.78, 5) is 12.9. The molecule has 0 amide bonds. The van der Waals surface area contributed by atoms with Crippen LogP contribution in [0.5, 0.6) is 0 Å². The second-order valence-electron chi connectivity index (χ2n) is 4.19. The summed E-state index contributed by atoms with van der Waals surface area (Å²) in [6.07, 6.45) is 0.223. The SMILES string of the molecule is Cc1cccc2c1N(C)CC2CC(=O)O. The molecule has 1 aromatic rings. The largest absolute Gasteiger partial charge is 0.481 e. The number of hydrogen-bond acceptors (Lipinski definition) is 2. The first kappa shape index (κ1) is 10.0. The summed E-state index contributed by atoms with van der Waals surface area (Å²) in [5.41, 5.74) is 3.62. The van der Waals surface area contributed by atoms with E-state index in [0.717, 1.165) is 6.54 Å². The van der Waals surface area contributed by atoms with Crippen LogP contribution in [0, 0.1) is 6.92 Å². The van der Waals surface area contributed by atoms with Gasteiger partial charge in [-0.2, -0.15) is 0 Å². The molecule has 80 valence electrons. The van der Waals surface area contributed by atoms with Crippen LogP contribution in [0.2, 0.25) is 0 Å². The molecule has 1 aliphatic rings. The summed E-state index contributed by atoms with van der Waals surface area (Å²) in [7, 11) is 2.02. The Labute approximate surface area is 89.3 Å². The van der Waals surface area contributed by atoms with Crippen molar-refractivity contribution in [2.24, 2.45) is 0 Å². The van der Waals surface area contributed by atoms with Gasteiger partial charge in [-0.05, 0) is 18.1 Å². The van der Waals surface area contributed by atoms with Crippen molar-refractivity contribution in [1.29, 1.82) is 0 Å². The van der Waals surface area contributed by atoms with Crippen molar-refractivity contribution < 1.29 is 9.90 Å². The van der Waals surface area contributed by atoms with E-state index in [0.29, 0.717) is 0 Å². The highest BCUT2D eigenvalue weighted by molar-refractivity contribution is 5.72. The number of carboxylic acid groups (broad SMARTS) is 1. The molecule has 0 saturated carbocycles. The maximum Gasteiger partial charge on any atom is 0.304 e. The number of anilines is 1. The van der Waals surface area contributed by atoms with Crippen LogP contribution in [0.15, 0.2) is 18.2 Å². The number of fused-ring (bicyclic) bond motifs is 1. The number of para-hydroxylation sites is 1. The van der Waals surface area contributed by atoms with Gasteiger partial charge in [0.25, 0.3) is 0 Å². The summed E-state index contributed by atoms with van der Waals surface area (Å²) in [6, 6.07) is 6.11. The van der Waals surface area contributed by atoms with Crippen molar-refractivity contribution >= 4 is 11.7 Å². The van der Waals surface area contributed by atoms with Gasteiger partial charge in [-0.1, -0.05) is 18.2 Å². The Hall–Kier alpha value is -1.51. The minimum absolute atomic E-state index is 0.141. The Bertz CT molecular complexity index is 401. The van der Waals surface area contributed by atoms with Gasteiger partial charge in [0.2, 0.25) is 0 Å². The second-order valence-corrected chi connectivity index (χ2v) is 4.19. The first-order chi connectivity index (χ1) is 7.09. The highest BCUT2D eigenvalue weighted by Crippen LogP contribution is 2.39. The van der Waals surface area contributed by atoms with Gasteiger partial charge in [0, 0.05) is 25.2 Å². The van der Waals surface area contributed by atoms with E-state index in [-0.39, 0.29) is 12.3 Å². The first-order valence-electron chi connectivity index (χ1n) is 5.12. The van der Waals surface area contributed by atoms with Crippen LogP contribution in [0.3, 0.4) is 0 Å². The Balaban J connectivity index is 2.38. The van der Waals surface area contributed by atoms with Crippen LogP contribution in [0.4, 0.5) is 5.69 Å². The molecule has 3 nitrogen and oxygen atoms in total. The van der Waals surface area contributed by atoms with Crippen LogP contribution in [0.25, 0.3) is 0 Å². The number of likely N-dealkylation sites (N-methyl/N-ethyl adjacent to an activating group) is 1. The van der Waals surface area contributed by atoms with Crippen molar-refractivity contribution in [2.45, 2.75) is 19.3 Å². The van der Waals surface area contributed by atoms with E-state index in [1.165, 1.54) is 16.8 Å². The van der Waals surface area contributed by atoms with Crippen LogP contribution < -0.4 is 4.90 Å². The van der Waals surface area contributed by atoms with Gasteiger partial charge in [-0.3, -0.25) is 4.79 Å². The molecule has 1 unspecified atom stereocenters. The molecule has 15 heavy (non-hydrogen) atoms. The Morgan fingerprint density at radius 2 is 2.33 bits per heavy atom. The average Bonchev–Trinajstić information content (AvgIpc) is 2.44. The van der Waals surface area contributed by atoms with Crippen molar-refractivity contribution in [1.82, 2.24) is 0 Å². The predicted molar refractivity (Wildman–Crippen MR) is 59.4 cm³/mol. The van der Waals surface area contributed by atoms with Crippen LogP contribution in [-0.2, 0) is 4.79 Å². The second kappa shape index (κ2) is 3.57. The summed E-state index contributed by atoms with van der Waals surface area (Å²) < 4.78 is 0. The molecule has 0 saturated heterocycles. The number of nitrogens with zero attached hydrogens (tertiary/aromatic N) is 1. The third kappa shape index (κ3) is 1.69. The number of rotatable bonds is 2. The lowest BCUT2D eigenvalue weighted by atomic mass is 9.96. The minimum atomic E-state index is -0.720. The van der Waals surface area contributed by atoms with Crippen molar-refractivity contribution in [3.63, 3.8) is 0 Å². The maximum absolute atomic E-state index is 10.7. The monoisotopic (exact) mass is 205 g/mol. The van der Waals surface area contributed by atoms with E-state index in [4.69, 9.17) is 5.11 Å². The Kier molecular flexibility index (Phi) is 2.39. The van der Waals surface area contributed by atoms with Gasteiger partial charge in [0.1, 0.15) is 0 Å². The number of carboxylic acids is 1. The first-order valence-corrected chi connectivity index (χ1v) is 5.12. The molecule has 3 heteroatoms. The molecule has 0 fully saturated rings. The molecular weight excluding hydrogens is 190 g/mol. The molecule has 1 heterocycles. The van der Waals surface area contributed by atoms with Gasteiger partial charge in [0.15, 0.2) is 0 Å². The molecule has 1 aromatic carbocycles. The number of aryl methyl sites for hydroxylation is 1. The molecule has 0 bridgehead atoms. The van der Waals surface area contributed by atoms with Gasteiger partial charge in [-0.25, -0.2) is 0 Å². The number of benzene rings is 1.